The lowest BCUT2D eigenvalue weighted by molar-refractivity contribution is 0.586. The third-order valence-electron chi connectivity index (χ3n) is 2.87. The van der Waals surface area contributed by atoms with E-state index in [1.807, 2.05) is 26.1 Å². The first-order chi connectivity index (χ1) is 7.55. The fourth-order valence-corrected chi connectivity index (χ4v) is 3.54. The summed E-state index contributed by atoms with van der Waals surface area (Å²) in [6.07, 6.45) is 2.31. The van der Waals surface area contributed by atoms with Crippen LogP contribution in [0.4, 0.5) is 0 Å². The maximum Gasteiger partial charge on any atom is 0.203 e. The molecular weight excluding hydrogens is 222 g/mol. The van der Waals surface area contributed by atoms with Gasteiger partial charge in [0.15, 0.2) is 0 Å². The molecule has 0 aliphatic carbocycles. The topological polar surface area (TPSA) is 46.2 Å². The Hall–Kier alpha value is -1.13. The molecule has 1 atom stereocenters. The van der Waals surface area contributed by atoms with Gasteiger partial charge in [-0.3, -0.25) is 0 Å². The second kappa shape index (κ2) is 4.03. The Balaban J connectivity index is 2.40. The molecule has 0 saturated carbocycles. The van der Waals surface area contributed by atoms with Gasteiger partial charge in [0, 0.05) is 6.04 Å². The Morgan fingerprint density at radius 2 is 2.00 bits per heavy atom. The first-order valence-electron chi connectivity index (χ1n) is 5.27. The lowest BCUT2D eigenvalue weighted by Gasteiger charge is -2.10. The van der Waals surface area contributed by atoms with E-state index in [0.29, 0.717) is 16.2 Å². The predicted octanol–water partition coefficient (Wildman–Crippen LogP) is 1.81. The summed E-state index contributed by atoms with van der Waals surface area (Å²) in [5.74, 6) is 0. The van der Waals surface area contributed by atoms with Crippen molar-refractivity contribution in [3.8, 4) is 0 Å². The maximum atomic E-state index is 12.1. The third kappa shape index (κ3) is 1.79. The van der Waals surface area contributed by atoms with Gasteiger partial charge in [-0.15, -0.1) is 0 Å². The van der Waals surface area contributed by atoms with E-state index >= 15 is 0 Å². The van der Waals surface area contributed by atoms with E-state index in [0.717, 1.165) is 5.56 Å². The van der Waals surface area contributed by atoms with E-state index in [4.69, 9.17) is 0 Å². The number of nitrogens with one attached hydrogen (secondary N) is 1. The van der Waals surface area contributed by atoms with Crippen LogP contribution in [0.1, 0.15) is 18.9 Å². The van der Waals surface area contributed by atoms with Crippen LogP contribution in [0, 0.1) is 0 Å². The van der Waals surface area contributed by atoms with E-state index in [2.05, 4.69) is 5.32 Å². The molecule has 16 heavy (non-hydrogen) atoms. The van der Waals surface area contributed by atoms with Gasteiger partial charge in [-0.05, 0) is 38.1 Å². The molecule has 1 aliphatic rings. The molecule has 4 heteroatoms. The van der Waals surface area contributed by atoms with Crippen molar-refractivity contribution in [1.29, 1.82) is 0 Å². The minimum atomic E-state index is -3.23. The van der Waals surface area contributed by atoms with Crippen LogP contribution in [0.5, 0.6) is 0 Å². The van der Waals surface area contributed by atoms with Gasteiger partial charge in [0.25, 0.3) is 0 Å². The first kappa shape index (κ1) is 11.4. The highest BCUT2D eigenvalue weighted by molar-refractivity contribution is 7.95. The normalized spacial score (nSPS) is 19.0. The molecule has 0 amide bonds. The summed E-state index contributed by atoms with van der Waals surface area (Å²) in [7, 11) is -1.40. The number of hydrogen-bond acceptors (Lipinski definition) is 3. The molecular formula is C12H15NO2S. The van der Waals surface area contributed by atoms with Crippen molar-refractivity contribution in [1.82, 2.24) is 5.32 Å². The van der Waals surface area contributed by atoms with Crippen LogP contribution in [0.3, 0.4) is 0 Å². The molecule has 3 nitrogen and oxygen atoms in total. The van der Waals surface area contributed by atoms with Crippen LogP contribution in [0.25, 0.3) is 6.08 Å². The molecule has 0 radical (unpaired) electrons. The number of sulfone groups is 1. The lowest BCUT2D eigenvalue weighted by Crippen LogP contribution is -2.22. The quantitative estimate of drug-likeness (QED) is 0.872. The summed E-state index contributed by atoms with van der Waals surface area (Å²) in [6.45, 7) is 1.97. The molecule has 1 aliphatic heterocycles. The molecule has 86 valence electrons. The van der Waals surface area contributed by atoms with Crippen LogP contribution >= 0.6 is 0 Å². The summed E-state index contributed by atoms with van der Waals surface area (Å²) >= 11 is 0. The van der Waals surface area contributed by atoms with Gasteiger partial charge in [0.2, 0.25) is 9.84 Å². The first-order valence-corrected chi connectivity index (χ1v) is 6.76. The van der Waals surface area contributed by atoms with Crippen LogP contribution < -0.4 is 5.32 Å². The fourth-order valence-electron chi connectivity index (χ4n) is 1.81. The summed E-state index contributed by atoms with van der Waals surface area (Å²) in [4.78, 5) is 0.948. The summed E-state index contributed by atoms with van der Waals surface area (Å²) in [5, 5.41) is 3.05. The average molecular weight is 237 g/mol. The van der Waals surface area contributed by atoms with Gasteiger partial charge in [-0.1, -0.05) is 18.2 Å². The zero-order valence-corrected chi connectivity index (χ0v) is 10.2. The van der Waals surface area contributed by atoms with Crippen LogP contribution in [-0.2, 0) is 9.84 Å². The molecule has 1 aromatic carbocycles. The average Bonchev–Trinajstić information content (AvgIpc) is 2.52. The van der Waals surface area contributed by atoms with Gasteiger partial charge in [-0.25, -0.2) is 8.42 Å². The van der Waals surface area contributed by atoms with Crippen molar-refractivity contribution in [3.63, 3.8) is 0 Å². The molecule has 1 unspecified atom stereocenters. The molecule has 1 heterocycles. The van der Waals surface area contributed by atoms with Crippen molar-refractivity contribution in [2.45, 2.75) is 24.3 Å². The Morgan fingerprint density at radius 3 is 2.62 bits per heavy atom. The van der Waals surface area contributed by atoms with Crippen molar-refractivity contribution in [2.24, 2.45) is 0 Å². The highest BCUT2D eigenvalue weighted by Crippen LogP contribution is 2.34. The maximum absolute atomic E-state index is 12.1. The molecule has 0 aromatic heterocycles. The fraction of sp³-hybridized carbons (Fsp3) is 0.333. The van der Waals surface area contributed by atoms with E-state index in [1.54, 1.807) is 18.2 Å². The second-order valence-electron chi connectivity index (χ2n) is 4.05. The highest BCUT2D eigenvalue weighted by Gasteiger charge is 2.29. The molecule has 0 bridgehead atoms. The van der Waals surface area contributed by atoms with Crippen molar-refractivity contribution < 1.29 is 8.42 Å². The Labute approximate surface area is 96.1 Å². The van der Waals surface area contributed by atoms with Crippen molar-refractivity contribution in [2.75, 3.05) is 7.05 Å². The minimum absolute atomic E-state index is 0.162. The summed E-state index contributed by atoms with van der Waals surface area (Å²) in [6, 6.07) is 7.28. The lowest BCUT2D eigenvalue weighted by atomic mass is 10.1. The molecule has 0 saturated heterocycles. The zero-order valence-electron chi connectivity index (χ0n) is 9.40. The smallest absolute Gasteiger partial charge is 0.203 e. The van der Waals surface area contributed by atoms with E-state index in [9.17, 15) is 8.42 Å². The monoisotopic (exact) mass is 237 g/mol. The summed E-state index contributed by atoms with van der Waals surface area (Å²) < 4.78 is 24.3. The predicted molar refractivity (Wildman–Crippen MR) is 64.7 cm³/mol. The summed E-state index contributed by atoms with van der Waals surface area (Å²) in [5.41, 5.74) is 0.806. The minimum Gasteiger partial charge on any atom is -0.317 e. The van der Waals surface area contributed by atoms with Crippen molar-refractivity contribution in [3.05, 3.63) is 34.7 Å². The highest BCUT2D eigenvalue weighted by atomic mass is 32.2. The number of rotatable bonds is 3. The second-order valence-corrected chi connectivity index (χ2v) is 6.02. The van der Waals surface area contributed by atoms with Crippen LogP contribution in [0.15, 0.2) is 34.1 Å². The Bertz CT molecular complexity index is 532. The molecule has 0 spiro atoms. The van der Waals surface area contributed by atoms with Crippen LogP contribution in [-0.4, -0.2) is 21.5 Å². The largest absolute Gasteiger partial charge is 0.317 e. The number of benzene rings is 1. The third-order valence-corrected chi connectivity index (χ3v) is 4.80. The van der Waals surface area contributed by atoms with Gasteiger partial charge in [0.1, 0.15) is 0 Å². The standard InChI is InChI=1S/C12H15NO2S/c1-9(13-2)7-11-8-10-5-3-4-6-12(10)16(11,14)15/h3-6,8-9,13H,7H2,1-2H3. The van der Waals surface area contributed by atoms with Crippen LogP contribution in [0.2, 0.25) is 0 Å². The zero-order chi connectivity index (χ0) is 11.8. The van der Waals surface area contributed by atoms with Gasteiger partial charge in [0.05, 0.1) is 9.80 Å². The molecule has 1 aromatic rings. The molecule has 2 rings (SSSR count). The Morgan fingerprint density at radius 1 is 1.31 bits per heavy atom. The van der Waals surface area contributed by atoms with E-state index in [1.165, 1.54) is 0 Å². The van der Waals surface area contributed by atoms with Gasteiger partial charge >= 0.3 is 0 Å². The van der Waals surface area contributed by atoms with Crippen molar-refractivity contribution >= 4 is 15.9 Å². The van der Waals surface area contributed by atoms with E-state index < -0.39 is 9.84 Å². The van der Waals surface area contributed by atoms with E-state index in [-0.39, 0.29) is 6.04 Å². The Kier molecular flexibility index (Phi) is 2.86. The number of fused-ring (bicyclic) bond motifs is 1. The SMILES string of the molecule is CNC(C)CC1=Cc2ccccc2S1(=O)=O. The molecule has 1 N–H and O–H groups in total. The molecule has 0 fully saturated rings. The van der Waals surface area contributed by atoms with Gasteiger partial charge in [-0.2, -0.15) is 0 Å². The number of hydrogen-bond donors (Lipinski definition) is 1. The van der Waals surface area contributed by atoms with Gasteiger partial charge < -0.3 is 5.32 Å².